The molecular formula is C33H35FN4O5. The summed E-state index contributed by atoms with van der Waals surface area (Å²) in [6, 6.07) is 14.8. The number of carboxylic acid groups (broad SMARTS) is 1. The molecule has 0 aliphatic carbocycles. The van der Waals surface area contributed by atoms with Crippen molar-refractivity contribution in [2.75, 3.05) is 26.8 Å². The lowest BCUT2D eigenvalue weighted by Gasteiger charge is -2.33. The van der Waals surface area contributed by atoms with Crippen molar-refractivity contribution in [3.8, 4) is 28.7 Å². The monoisotopic (exact) mass is 586 g/mol. The molecule has 0 bridgehead atoms. The molecule has 0 amide bonds. The van der Waals surface area contributed by atoms with Crippen molar-refractivity contribution in [2.45, 2.75) is 51.9 Å². The van der Waals surface area contributed by atoms with Gasteiger partial charge in [0.15, 0.2) is 5.82 Å². The van der Waals surface area contributed by atoms with Crippen molar-refractivity contribution < 1.29 is 28.5 Å². The number of hydrogen-bond donors (Lipinski definition) is 1. The number of nitrogens with zero attached hydrogens (tertiary/aromatic N) is 4. The molecule has 6 rings (SSSR count). The summed E-state index contributed by atoms with van der Waals surface area (Å²) in [5, 5.41) is 13.6. The molecule has 0 radical (unpaired) electrons. The Balaban J connectivity index is 1.21. The van der Waals surface area contributed by atoms with E-state index in [1.54, 1.807) is 12.1 Å². The van der Waals surface area contributed by atoms with Crippen molar-refractivity contribution in [1.29, 1.82) is 0 Å². The Morgan fingerprint density at radius 3 is 2.84 bits per heavy atom. The molecule has 2 aliphatic rings. The number of para-hydroxylation sites is 1. The number of carboxylic acids is 1. The Bertz CT molecular complexity index is 1630. The van der Waals surface area contributed by atoms with E-state index in [0.29, 0.717) is 23.8 Å². The summed E-state index contributed by atoms with van der Waals surface area (Å²) in [6.45, 7) is 5.32. The molecule has 1 fully saturated rings. The van der Waals surface area contributed by atoms with Gasteiger partial charge in [-0.05, 0) is 73.6 Å². The molecule has 43 heavy (non-hydrogen) atoms. The van der Waals surface area contributed by atoms with E-state index in [1.807, 2.05) is 37.3 Å². The second-order valence-electron chi connectivity index (χ2n) is 11.1. The smallest absolute Gasteiger partial charge is 0.342 e. The molecule has 2 aromatic heterocycles. The highest BCUT2D eigenvalue weighted by molar-refractivity contribution is 5.90. The summed E-state index contributed by atoms with van der Waals surface area (Å²) in [4.78, 5) is 18.6. The van der Waals surface area contributed by atoms with Crippen LogP contribution >= 0.6 is 0 Å². The van der Waals surface area contributed by atoms with Crippen molar-refractivity contribution >= 4 is 5.97 Å². The molecule has 1 saturated heterocycles. The number of aromatic carboxylic acids is 1. The van der Waals surface area contributed by atoms with Gasteiger partial charge < -0.3 is 19.3 Å². The fourth-order valence-electron chi connectivity index (χ4n) is 5.95. The minimum atomic E-state index is -1.14. The van der Waals surface area contributed by atoms with Gasteiger partial charge in [0.1, 0.15) is 23.7 Å². The summed E-state index contributed by atoms with van der Waals surface area (Å²) in [5.41, 5.74) is 4.80. The van der Waals surface area contributed by atoms with Crippen molar-refractivity contribution in [1.82, 2.24) is 19.7 Å². The van der Waals surface area contributed by atoms with Crippen LogP contribution in [-0.4, -0.2) is 63.7 Å². The standard InChI is InChI=1S/C33H35FN4O5/c1-21-7-5-9-25(29-10-6-11-30(36-29)38-32(41-2)26(17-35-38)33(39)40)31(21)43-20-22-15-23-12-13-37(19-27(23)28(34)16-22)18-24-8-3-4-14-42-24/h5-7,9-11,15-17,24H,3-4,8,12-14,18-20H2,1-2H3,(H,39,40)/t24-/m0/s1. The molecule has 4 aromatic rings. The van der Waals surface area contributed by atoms with Gasteiger partial charge in [0.2, 0.25) is 5.88 Å². The summed E-state index contributed by atoms with van der Waals surface area (Å²) >= 11 is 0. The Kier molecular flexibility index (Phi) is 8.40. The van der Waals surface area contributed by atoms with Crippen LogP contribution in [0.2, 0.25) is 0 Å². The number of methoxy groups -OCH3 is 1. The Morgan fingerprint density at radius 1 is 1.19 bits per heavy atom. The largest absolute Gasteiger partial charge is 0.488 e. The van der Waals surface area contributed by atoms with Crippen LogP contribution in [0.4, 0.5) is 4.39 Å². The summed E-state index contributed by atoms with van der Waals surface area (Å²) in [7, 11) is 1.39. The first-order chi connectivity index (χ1) is 20.9. The van der Waals surface area contributed by atoms with E-state index >= 15 is 4.39 Å². The van der Waals surface area contributed by atoms with Gasteiger partial charge in [0.05, 0.1) is 25.1 Å². The molecular weight excluding hydrogens is 551 g/mol. The van der Waals surface area contributed by atoms with E-state index in [-0.39, 0.29) is 30.0 Å². The minimum absolute atomic E-state index is 0.0579. The molecule has 9 nitrogen and oxygen atoms in total. The fraction of sp³-hybridized carbons (Fsp3) is 0.364. The highest BCUT2D eigenvalue weighted by atomic mass is 19.1. The van der Waals surface area contributed by atoms with Crippen LogP contribution in [0.1, 0.15) is 51.9 Å². The average Bonchev–Trinajstić information content (AvgIpc) is 3.46. The molecule has 2 aromatic carbocycles. The maximum Gasteiger partial charge on any atom is 0.342 e. The van der Waals surface area contributed by atoms with Crippen LogP contribution in [-0.2, 0) is 24.3 Å². The van der Waals surface area contributed by atoms with E-state index < -0.39 is 5.97 Å². The van der Waals surface area contributed by atoms with Gasteiger partial charge in [-0.15, -0.1) is 0 Å². The van der Waals surface area contributed by atoms with Gasteiger partial charge in [-0.3, -0.25) is 4.90 Å². The number of ether oxygens (including phenoxy) is 3. The fourth-order valence-corrected chi connectivity index (χ4v) is 5.95. The van der Waals surface area contributed by atoms with Gasteiger partial charge in [-0.2, -0.15) is 9.78 Å². The van der Waals surface area contributed by atoms with E-state index in [9.17, 15) is 9.90 Å². The first-order valence-corrected chi connectivity index (χ1v) is 14.6. The van der Waals surface area contributed by atoms with E-state index in [2.05, 4.69) is 16.1 Å². The lowest BCUT2D eigenvalue weighted by Crippen LogP contribution is -2.39. The second kappa shape index (κ2) is 12.5. The van der Waals surface area contributed by atoms with Gasteiger partial charge in [0.25, 0.3) is 0 Å². The molecule has 1 atom stereocenters. The van der Waals surface area contributed by atoms with Crippen LogP contribution in [0, 0.1) is 12.7 Å². The Morgan fingerprint density at radius 2 is 2.05 bits per heavy atom. The third-order valence-corrected chi connectivity index (χ3v) is 8.13. The normalized spacial score (nSPS) is 17.0. The average molecular weight is 587 g/mol. The third-order valence-electron chi connectivity index (χ3n) is 8.13. The molecule has 224 valence electrons. The van der Waals surface area contributed by atoms with Crippen LogP contribution in [0.5, 0.6) is 11.6 Å². The first kappa shape index (κ1) is 28.8. The third kappa shape index (κ3) is 6.11. The highest BCUT2D eigenvalue weighted by Crippen LogP contribution is 2.34. The number of rotatable bonds is 9. The molecule has 1 N–H and O–H groups in total. The summed E-state index contributed by atoms with van der Waals surface area (Å²) in [6.07, 6.45) is 5.67. The van der Waals surface area contributed by atoms with Gasteiger partial charge in [0, 0.05) is 37.4 Å². The van der Waals surface area contributed by atoms with Gasteiger partial charge in [-0.25, -0.2) is 14.2 Å². The number of hydrogen-bond acceptors (Lipinski definition) is 7. The van der Waals surface area contributed by atoms with Crippen LogP contribution in [0.3, 0.4) is 0 Å². The van der Waals surface area contributed by atoms with E-state index in [4.69, 9.17) is 19.2 Å². The SMILES string of the molecule is COc1c(C(=O)O)cnn1-c1cccc(-c2cccc(C)c2OCc2cc(F)c3c(c2)CCN(C[C@@H]2CCCCO2)C3)n1. The Labute approximate surface area is 249 Å². The predicted molar refractivity (Wildman–Crippen MR) is 158 cm³/mol. The zero-order valence-electron chi connectivity index (χ0n) is 24.4. The van der Waals surface area contributed by atoms with E-state index in [1.165, 1.54) is 24.4 Å². The van der Waals surface area contributed by atoms with Crippen molar-refractivity contribution in [3.05, 3.63) is 88.4 Å². The lowest BCUT2D eigenvalue weighted by atomic mass is 9.96. The number of pyridine rings is 1. The van der Waals surface area contributed by atoms with Crippen molar-refractivity contribution in [2.24, 2.45) is 0 Å². The topological polar surface area (TPSA) is 98.9 Å². The zero-order chi connectivity index (χ0) is 29.9. The Hall–Kier alpha value is -4.28. The number of halogens is 1. The number of carbonyl (C=O) groups is 1. The van der Waals surface area contributed by atoms with Crippen LogP contribution in [0.15, 0.2) is 54.7 Å². The summed E-state index contributed by atoms with van der Waals surface area (Å²) < 4.78 is 34.3. The number of aryl methyl sites for hydroxylation is 1. The highest BCUT2D eigenvalue weighted by Gasteiger charge is 2.25. The molecule has 2 aliphatic heterocycles. The molecule has 0 spiro atoms. The maximum atomic E-state index is 15.4. The van der Waals surface area contributed by atoms with Crippen LogP contribution < -0.4 is 9.47 Å². The summed E-state index contributed by atoms with van der Waals surface area (Å²) in [5.74, 6) is -0.215. The lowest BCUT2D eigenvalue weighted by molar-refractivity contribution is -0.00822. The molecule has 4 heterocycles. The van der Waals surface area contributed by atoms with E-state index in [0.717, 1.165) is 66.8 Å². The number of fused-ring (bicyclic) bond motifs is 1. The van der Waals surface area contributed by atoms with Crippen LogP contribution in [0.25, 0.3) is 17.1 Å². The molecule has 0 saturated carbocycles. The van der Waals surface area contributed by atoms with Gasteiger partial charge in [-0.1, -0.05) is 24.3 Å². The zero-order valence-corrected chi connectivity index (χ0v) is 24.4. The molecule has 0 unspecified atom stereocenters. The predicted octanol–water partition coefficient (Wildman–Crippen LogP) is 5.59. The van der Waals surface area contributed by atoms with Crippen molar-refractivity contribution in [3.63, 3.8) is 0 Å². The molecule has 10 heteroatoms. The van der Waals surface area contributed by atoms with Gasteiger partial charge >= 0.3 is 5.97 Å². The second-order valence-corrected chi connectivity index (χ2v) is 11.1. The first-order valence-electron chi connectivity index (χ1n) is 14.6. The quantitative estimate of drug-likeness (QED) is 0.271. The number of aromatic nitrogens is 3. The maximum absolute atomic E-state index is 15.4. The minimum Gasteiger partial charge on any atom is -0.488 e. The number of benzene rings is 2.